The number of nitro groups is 1. The summed E-state index contributed by atoms with van der Waals surface area (Å²) in [5.74, 6) is -0.357. The van der Waals surface area contributed by atoms with Gasteiger partial charge >= 0.3 is 0 Å². The predicted molar refractivity (Wildman–Crippen MR) is 151 cm³/mol. The van der Waals surface area contributed by atoms with E-state index < -0.39 is 16.7 Å². The highest BCUT2D eigenvalue weighted by Gasteiger charge is 2.23. The minimum absolute atomic E-state index is 0.129. The molecule has 9 heteroatoms. The Hall–Kier alpha value is -4.79. The SMILES string of the molecule is CCCCN(CC(=O)Nc1cc(-c2ccccc2)nn1-c1ccc(C)cc1)C(=O)c1ccc(C)c([N+](=O)[O-])c1. The van der Waals surface area contributed by atoms with Gasteiger partial charge in [0.15, 0.2) is 0 Å². The Morgan fingerprint density at radius 1 is 1.00 bits per heavy atom. The first-order chi connectivity index (χ1) is 18.8. The molecule has 0 fully saturated rings. The lowest BCUT2D eigenvalue weighted by atomic mass is 10.1. The standard InChI is InChI=1S/C30H31N5O4/c1-4-5-17-33(30(37)24-14-13-22(3)27(18-24)35(38)39)20-29(36)31-28-19-26(23-9-7-6-8-10-23)32-34(28)25-15-11-21(2)12-16-25/h6-16,18-19H,4-5,17,20H2,1-3H3,(H,31,36). The number of unbranched alkanes of at least 4 members (excludes halogenated alkanes) is 1. The first kappa shape index (κ1) is 27.3. The molecule has 4 rings (SSSR count). The van der Waals surface area contributed by atoms with Crippen LogP contribution in [0.4, 0.5) is 11.5 Å². The molecule has 3 aromatic carbocycles. The first-order valence-corrected chi connectivity index (χ1v) is 12.8. The maximum atomic E-state index is 13.3. The van der Waals surface area contributed by atoms with Crippen LogP contribution in [0.15, 0.2) is 78.9 Å². The van der Waals surface area contributed by atoms with Crippen LogP contribution in [-0.2, 0) is 4.79 Å². The van der Waals surface area contributed by atoms with E-state index in [-0.39, 0.29) is 17.8 Å². The van der Waals surface area contributed by atoms with Crippen LogP contribution in [0, 0.1) is 24.0 Å². The highest BCUT2D eigenvalue weighted by Crippen LogP contribution is 2.25. The van der Waals surface area contributed by atoms with Gasteiger partial charge in [-0.25, -0.2) is 4.68 Å². The number of nitrogens with one attached hydrogen (secondary N) is 1. The van der Waals surface area contributed by atoms with Gasteiger partial charge in [-0.05, 0) is 38.5 Å². The summed E-state index contributed by atoms with van der Waals surface area (Å²) in [4.78, 5) is 38.9. The number of carbonyl (C=O) groups excluding carboxylic acids is 2. The van der Waals surface area contributed by atoms with E-state index in [0.717, 1.165) is 23.2 Å². The normalized spacial score (nSPS) is 10.7. The summed E-state index contributed by atoms with van der Waals surface area (Å²) in [6, 6.07) is 23.6. The van der Waals surface area contributed by atoms with Crippen LogP contribution in [0.5, 0.6) is 0 Å². The fourth-order valence-corrected chi connectivity index (χ4v) is 4.18. The first-order valence-electron chi connectivity index (χ1n) is 12.8. The molecule has 1 N–H and O–H groups in total. The van der Waals surface area contributed by atoms with Gasteiger partial charge in [0.05, 0.1) is 16.3 Å². The molecule has 0 aliphatic heterocycles. The van der Waals surface area contributed by atoms with Gasteiger partial charge in [0, 0.05) is 35.4 Å². The smallest absolute Gasteiger partial charge is 0.273 e. The van der Waals surface area contributed by atoms with E-state index in [0.29, 0.717) is 30.0 Å². The molecule has 39 heavy (non-hydrogen) atoms. The van der Waals surface area contributed by atoms with E-state index in [9.17, 15) is 19.7 Å². The van der Waals surface area contributed by atoms with Gasteiger partial charge in [0.25, 0.3) is 11.6 Å². The van der Waals surface area contributed by atoms with Crippen LogP contribution in [0.3, 0.4) is 0 Å². The van der Waals surface area contributed by atoms with Crippen molar-refractivity contribution in [3.63, 3.8) is 0 Å². The van der Waals surface area contributed by atoms with E-state index >= 15 is 0 Å². The molecular weight excluding hydrogens is 494 g/mol. The molecule has 2 amide bonds. The Labute approximate surface area is 227 Å². The van der Waals surface area contributed by atoms with Gasteiger partial charge < -0.3 is 10.2 Å². The molecule has 0 radical (unpaired) electrons. The summed E-state index contributed by atoms with van der Waals surface area (Å²) in [6.45, 7) is 5.74. The largest absolute Gasteiger partial charge is 0.329 e. The van der Waals surface area contributed by atoms with Crippen molar-refractivity contribution in [2.75, 3.05) is 18.4 Å². The number of benzene rings is 3. The molecule has 1 aromatic heterocycles. The van der Waals surface area contributed by atoms with E-state index in [1.54, 1.807) is 29.8 Å². The van der Waals surface area contributed by atoms with Crippen LogP contribution < -0.4 is 5.32 Å². The van der Waals surface area contributed by atoms with Gasteiger partial charge in [-0.3, -0.25) is 19.7 Å². The second-order valence-corrected chi connectivity index (χ2v) is 9.42. The number of aromatic nitrogens is 2. The number of amides is 2. The van der Waals surface area contributed by atoms with Gasteiger partial charge in [0.2, 0.25) is 5.91 Å². The molecule has 1 heterocycles. The third-order valence-electron chi connectivity index (χ3n) is 6.38. The number of rotatable bonds is 10. The van der Waals surface area contributed by atoms with Crippen molar-refractivity contribution in [3.05, 3.63) is 106 Å². The zero-order chi connectivity index (χ0) is 27.9. The Kier molecular flexibility index (Phi) is 8.50. The van der Waals surface area contributed by atoms with Crippen LogP contribution in [0.25, 0.3) is 16.9 Å². The minimum Gasteiger partial charge on any atom is -0.329 e. The number of hydrogen-bond acceptors (Lipinski definition) is 5. The monoisotopic (exact) mass is 525 g/mol. The van der Waals surface area contributed by atoms with Gasteiger partial charge in [-0.2, -0.15) is 5.10 Å². The molecular formula is C30H31N5O4. The Bertz CT molecular complexity index is 1480. The third-order valence-corrected chi connectivity index (χ3v) is 6.38. The lowest BCUT2D eigenvalue weighted by molar-refractivity contribution is -0.385. The van der Waals surface area contributed by atoms with Crippen molar-refractivity contribution in [2.45, 2.75) is 33.6 Å². The molecule has 9 nitrogen and oxygen atoms in total. The summed E-state index contributed by atoms with van der Waals surface area (Å²) >= 11 is 0. The van der Waals surface area contributed by atoms with Gasteiger partial charge in [-0.15, -0.1) is 0 Å². The summed E-state index contributed by atoms with van der Waals surface area (Å²) in [6.07, 6.45) is 1.51. The number of nitro benzene ring substituents is 1. The Morgan fingerprint density at radius 2 is 1.72 bits per heavy atom. The second-order valence-electron chi connectivity index (χ2n) is 9.42. The molecule has 0 saturated carbocycles. The van der Waals surface area contributed by atoms with Crippen molar-refractivity contribution in [2.24, 2.45) is 0 Å². The predicted octanol–water partition coefficient (Wildman–Crippen LogP) is 5.95. The second kappa shape index (κ2) is 12.2. The number of nitrogens with zero attached hydrogens (tertiary/aromatic N) is 4. The van der Waals surface area contributed by atoms with Crippen LogP contribution >= 0.6 is 0 Å². The molecule has 0 saturated heterocycles. The zero-order valence-corrected chi connectivity index (χ0v) is 22.3. The molecule has 0 aliphatic carbocycles. The molecule has 0 unspecified atom stereocenters. The van der Waals surface area contributed by atoms with Crippen LogP contribution in [0.2, 0.25) is 0 Å². The number of carbonyl (C=O) groups is 2. The van der Waals surface area contributed by atoms with Crippen molar-refractivity contribution in [1.82, 2.24) is 14.7 Å². The maximum absolute atomic E-state index is 13.3. The molecule has 200 valence electrons. The average Bonchev–Trinajstić information content (AvgIpc) is 3.35. The fourth-order valence-electron chi connectivity index (χ4n) is 4.18. The molecule has 4 aromatic rings. The molecule has 0 spiro atoms. The van der Waals surface area contributed by atoms with Crippen molar-refractivity contribution >= 4 is 23.3 Å². The van der Waals surface area contributed by atoms with E-state index in [4.69, 9.17) is 5.10 Å². The summed E-state index contributed by atoms with van der Waals surface area (Å²) in [5, 5.41) is 19.1. The van der Waals surface area contributed by atoms with E-state index in [1.807, 2.05) is 68.4 Å². The lowest BCUT2D eigenvalue weighted by Gasteiger charge is -2.22. The number of aryl methyl sites for hydroxylation is 2. The van der Waals surface area contributed by atoms with Gasteiger partial charge in [-0.1, -0.05) is 67.4 Å². The van der Waals surface area contributed by atoms with Crippen LogP contribution in [-0.4, -0.2) is 44.5 Å². The summed E-state index contributed by atoms with van der Waals surface area (Å²) in [7, 11) is 0. The Morgan fingerprint density at radius 3 is 2.38 bits per heavy atom. The lowest BCUT2D eigenvalue weighted by Crippen LogP contribution is -2.39. The number of anilines is 1. The minimum atomic E-state index is -0.508. The van der Waals surface area contributed by atoms with Crippen molar-refractivity contribution in [1.29, 1.82) is 0 Å². The highest BCUT2D eigenvalue weighted by molar-refractivity contribution is 5.99. The quantitative estimate of drug-likeness (QED) is 0.203. The fraction of sp³-hybridized carbons (Fsp3) is 0.233. The van der Waals surface area contributed by atoms with Gasteiger partial charge in [0.1, 0.15) is 12.4 Å². The number of hydrogen-bond donors (Lipinski definition) is 1. The summed E-state index contributed by atoms with van der Waals surface area (Å²) < 4.78 is 1.67. The van der Waals surface area contributed by atoms with E-state index in [1.165, 1.54) is 11.0 Å². The zero-order valence-electron chi connectivity index (χ0n) is 22.3. The van der Waals surface area contributed by atoms with Crippen molar-refractivity contribution in [3.8, 4) is 16.9 Å². The average molecular weight is 526 g/mol. The molecule has 0 aliphatic rings. The maximum Gasteiger partial charge on any atom is 0.273 e. The molecule has 0 bridgehead atoms. The third kappa shape index (κ3) is 6.56. The molecule has 0 atom stereocenters. The van der Waals surface area contributed by atoms with E-state index in [2.05, 4.69) is 5.32 Å². The van der Waals surface area contributed by atoms with Crippen LogP contribution in [0.1, 0.15) is 41.3 Å². The summed E-state index contributed by atoms with van der Waals surface area (Å²) in [5.41, 5.74) is 3.98. The Balaban J connectivity index is 1.61. The topological polar surface area (TPSA) is 110 Å². The van der Waals surface area contributed by atoms with Crippen molar-refractivity contribution < 1.29 is 14.5 Å². The highest BCUT2D eigenvalue weighted by atomic mass is 16.6.